The van der Waals surface area contributed by atoms with Crippen LogP contribution in [-0.4, -0.2) is 35.7 Å². The van der Waals surface area contributed by atoms with E-state index < -0.39 is 0 Å². The zero-order valence-corrected chi connectivity index (χ0v) is 18.2. The Bertz CT molecular complexity index is 1010. The Morgan fingerprint density at radius 3 is 2.65 bits per heavy atom. The third kappa shape index (κ3) is 5.57. The molecule has 4 rings (SSSR count). The number of fused-ring (bicyclic) bond motifs is 1. The molecule has 0 atom stereocenters. The van der Waals surface area contributed by atoms with Gasteiger partial charge in [-0.2, -0.15) is 0 Å². The summed E-state index contributed by atoms with van der Waals surface area (Å²) in [6.45, 7) is 2.26. The number of hydrogen-bond donors (Lipinski definition) is 1. The summed E-state index contributed by atoms with van der Waals surface area (Å²) in [5.41, 5.74) is 2.20. The molecule has 1 N–H and O–H groups in total. The fourth-order valence-corrected chi connectivity index (χ4v) is 3.81. The molecule has 0 bridgehead atoms. The second-order valence-electron chi connectivity index (χ2n) is 8.04. The predicted molar refractivity (Wildman–Crippen MR) is 122 cm³/mol. The fourth-order valence-electron chi connectivity index (χ4n) is 3.81. The molecule has 1 aliphatic carbocycles. The van der Waals surface area contributed by atoms with Gasteiger partial charge in [-0.3, -0.25) is 4.79 Å². The van der Waals surface area contributed by atoms with Gasteiger partial charge in [0.2, 0.25) is 5.91 Å². The first kappa shape index (κ1) is 21.2. The van der Waals surface area contributed by atoms with E-state index in [0.717, 1.165) is 67.9 Å². The molecule has 2 aromatic carbocycles. The number of ether oxygens (including phenoxy) is 2. The van der Waals surface area contributed by atoms with Crippen molar-refractivity contribution in [2.45, 2.75) is 45.1 Å². The molecule has 1 fully saturated rings. The van der Waals surface area contributed by atoms with Gasteiger partial charge in [-0.05, 0) is 56.4 Å². The lowest BCUT2D eigenvalue weighted by Crippen LogP contribution is -2.26. The van der Waals surface area contributed by atoms with E-state index in [1.54, 1.807) is 7.11 Å². The molecule has 6 heteroatoms. The summed E-state index contributed by atoms with van der Waals surface area (Å²) in [6.07, 6.45) is 5.79. The zero-order chi connectivity index (χ0) is 21.5. The van der Waals surface area contributed by atoms with Crippen molar-refractivity contribution in [3.63, 3.8) is 0 Å². The van der Waals surface area contributed by atoms with Crippen molar-refractivity contribution in [2.24, 2.45) is 5.92 Å². The van der Waals surface area contributed by atoms with Crippen LogP contribution in [0.4, 0.5) is 0 Å². The maximum Gasteiger partial charge on any atom is 0.223 e. The van der Waals surface area contributed by atoms with Crippen LogP contribution in [0.1, 0.15) is 37.9 Å². The summed E-state index contributed by atoms with van der Waals surface area (Å²) >= 11 is 0. The summed E-state index contributed by atoms with van der Waals surface area (Å²) in [6, 6.07) is 16.0. The molecule has 164 valence electrons. The van der Waals surface area contributed by atoms with Gasteiger partial charge < -0.3 is 19.4 Å². The Hall–Kier alpha value is -3.02. The van der Waals surface area contributed by atoms with Crippen molar-refractivity contribution in [3.05, 3.63) is 54.4 Å². The van der Waals surface area contributed by atoms with Gasteiger partial charge in [0, 0.05) is 25.4 Å². The number of aromatic nitrogens is 2. The maximum atomic E-state index is 11.8. The van der Waals surface area contributed by atoms with Gasteiger partial charge >= 0.3 is 0 Å². The Labute approximate surface area is 183 Å². The molecule has 1 aliphatic rings. The smallest absolute Gasteiger partial charge is 0.223 e. The minimum Gasteiger partial charge on any atom is -0.493 e. The average molecular weight is 422 g/mol. The van der Waals surface area contributed by atoms with Crippen molar-refractivity contribution >= 4 is 16.9 Å². The van der Waals surface area contributed by atoms with Crippen LogP contribution in [-0.2, 0) is 17.8 Å². The molecule has 1 amide bonds. The Morgan fingerprint density at radius 2 is 1.84 bits per heavy atom. The second-order valence-corrected chi connectivity index (χ2v) is 8.04. The van der Waals surface area contributed by atoms with Gasteiger partial charge in [0.15, 0.2) is 11.5 Å². The number of aryl methyl sites for hydroxylation is 2. The number of unbranched alkanes of at least 4 members (excludes halogenated alkanes) is 1. The zero-order valence-electron chi connectivity index (χ0n) is 18.2. The van der Waals surface area contributed by atoms with Crippen LogP contribution in [0.25, 0.3) is 11.0 Å². The van der Waals surface area contributed by atoms with Gasteiger partial charge in [-0.25, -0.2) is 4.98 Å². The number of imidazole rings is 1. The highest BCUT2D eigenvalue weighted by Crippen LogP contribution is 2.28. The van der Waals surface area contributed by atoms with E-state index >= 15 is 0 Å². The van der Waals surface area contributed by atoms with Crippen LogP contribution >= 0.6 is 0 Å². The van der Waals surface area contributed by atoms with E-state index in [0.29, 0.717) is 13.2 Å². The Morgan fingerprint density at radius 1 is 1.06 bits per heavy atom. The van der Waals surface area contributed by atoms with Gasteiger partial charge in [0.1, 0.15) is 5.82 Å². The maximum absolute atomic E-state index is 11.8. The highest BCUT2D eigenvalue weighted by molar-refractivity contribution is 5.80. The molecule has 0 saturated heterocycles. The molecule has 31 heavy (non-hydrogen) atoms. The fraction of sp³-hybridized carbons (Fsp3) is 0.440. The van der Waals surface area contributed by atoms with Gasteiger partial charge in [-0.1, -0.05) is 24.3 Å². The Balaban J connectivity index is 1.29. The molecule has 1 saturated carbocycles. The number of methoxy groups -OCH3 is 1. The van der Waals surface area contributed by atoms with Crippen LogP contribution in [0, 0.1) is 5.92 Å². The number of hydrogen-bond acceptors (Lipinski definition) is 4. The molecule has 0 unspecified atom stereocenters. The molecule has 0 spiro atoms. The van der Waals surface area contributed by atoms with E-state index in [1.807, 2.05) is 30.3 Å². The summed E-state index contributed by atoms with van der Waals surface area (Å²) in [5.74, 6) is 3.12. The van der Waals surface area contributed by atoms with E-state index in [9.17, 15) is 4.79 Å². The van der Waals surface area contributed by atoms with Gasteiger partial charge in [0.05, 0.1) is 24.8 Å². The van der Waals surface area contributed by atoms with Gasteiger partial charge in [-0.15, -0.1) is 0 Å². The number of nitrogens with one attached hydrogen (secondary N) is 1. The summed E-state index contributed by atoms with van der Waals surface area (Å²) in [5, 5.41) is 3.05. The molecule has 6 nitrogen and oxygen atoms in total. The topological polar surface area (TPSA) is 65.4 Å². The molecule has 0 aliphatic heterocycles. The highest BCUT2D eigenvalue weighted by atomic mass is 16.5. The van der Waals surface area contributed by atoms with Crippen LogP contribution in [0.5, 0.6) is 11.5 Å². The van der Waals surface area contributed by atoms with E-state index in [4.69, 9.17) is 14.5 Å². The first-order chi connectivity index (χ1) is 15.3. The lowest BCUT2D eigenvalue weighted by Gasteiger charge is -2.12. The van der Waals surface area contributed by atoms with E-state index in [-0.39, 0.29) is 11.8 Å². The Kier molecular flexibility index (Phi) is 7.07. The first-order valence-electron chi connectivity index (χ1n) is 11.2. The van der Waals surface area contributed by atoms with Crippen LogP contribution in [0.15, 0.2) is 48.5 Å². The number of amides is 1. The number of para-hydroxylation sites is 4. The summed E-state index contributed by atoms with van der Waals surface area (Å²) in [4.78, 5) is 16.7. The highest BCUT2D eigenvalue weighted by Gasteiger charge is 2.29. The SMILES string of the molecule is COc1ccccc1OCCCCn1c(CCCNC(=O)C2CC2)nc2ccccc21. The molecule has 1 aromatic heterocycles. The minimum absolute atomic E-state index is 0.212. The molecule has 1 heterocycles. The normalized spacial score (nSPS) is 13.3. The standard InChI is InChI=1S/C25H31N3O3/c1-30-22-11-4-5-12-23(22)31-18-7-6-17-28-21-10-3-2-9-20(21)27-24(28)13-8-16-26-25(29)19-14-15-19/h2-5,9-12,19H,6-8,13-18H2,1H3,(H,26,29). The first-order valence-corrected chi connectivity index (χ1v) is 11.2. The summed E-state index contributed by atoms with van der Waals surface area (Å²) in [7, 11) is 1.66. The van der Waals surface area contributed by atoms with Crippen molar-refractivity contribution in [1.82, 2.24) is 14.9 Å². The molecular formula is C25H31N3O3. The second kappa shape index (κ2) is 10.3. The monoisotopic (exact) mass is 421 g/mol. The number of rotatable bonds is 12. The van der Waals surface area contributed by atoms with E-state index in [1.165, 1.54) is 5.52 Å². The molecule has 0 radical (unpaired) electrons. The van der Waals surface area contributed by atoms with Crippen molar-refractivity contribution in [2.75, 3.05) is 20.3 Å². The lowest BCUT2D eigenvalue weighted by atomic mass is 10.2. The quantitative estimate of drug-likeness (QED) is 0.441. The van der Waals surface area contributed by atoms with Crippen molar-refractivity contribution in [1.29, 1.82) is 0 Å². The number of carbonyl (C=O) groups excluding carboxylic acids is 1. The van der Waals surface area contributed by atoms with Crippen LogP contribution in [0.2, 0.25) is 0 Å². The molecule has 3 aromatic rings. The predicted octanol–water partition coefficient (Wildman–Crippen LogP) is 4.36. The molecular weight excluding hydrogens is 390 g/mol. The van der Waals surface area contributed by atoms with Crippen LogP contribution in [0.3, 0.4) is 0 Å². The average Bonchev–Trinajstić information content (AvgIpc) is 3.59. The van der Waals surface area contributed by atoms with Crippen molar-refractivity contribution in [3.8, 4) is 11.5 Å². The lowest BCUT2D eigenvalue weighted by molar-refractivity contribution is -0.122. The van der Waals surface area contributed by atoms with E-state index in [2.05, 4.69) is 28.1 Å². The van der Waals surface area contributed by atoms with Crippen LogP contribution < -0.4 is 14.8 Å². The number of benzene rings is 2. The minimum atomic E-state index is 0.212. The number of carbonyl (C=O) groups is 1. The van der Waals surface area contributed by atoms with Gasteiger partial charge in [0.25, 0.3) is 0 Å². The third-order valence-corrected chi connectivity index (χ3v) is 5.66. The largest absolute Gasteiger partial charge is 0.493 e. The number of nitrogens with zero attached hydrogens (tertiary/aromatic N) is 2. The third-order valence-electron chi connectivity index (χ3n) is 5.66. The van der Waals surface area contributed by atoms with Crippen molar-refractivity contribution < 1.29 is 14.3 Å². The summed E-state index contributed by atoms with van der Waals surface area (Å²) < 4.78 is 13.6.